The Balaban J connectivity index is 1.81. The van der Waals surface area contributed by atoms with Crippen LogP contribution in [0, 0.1) is 0 Å². The van der Waals surface area contributed by atoms with E-state index in [4.69, 9.17) is 0 Å². The van der Waals surface area contributed by atoms with Crippen LogP contribution in [-0.4, -0.2) is 21.9 Å². The van der Waals surface area contributed by atoms with Crippen molar-refractivity contribution in [3.8, 4) is 0 Å². The molecule has 1 aromatic carbocycles. The van der Waals surface area contributed by atoms with E-state index in [0.29, 0.717) is 13.0 Å². The first-order valence-electron chi connectivity index (χ1n) is 6.07. The summed E-state index contributed by atoms with van der Waals surface area (Å²) in [4.78, 5) is 16.5. The van der Waals surface area contributed by atoms with Gasteiger partial charge in [-0.1, -0.05) is 18.2 Å². The van der Waals surface area contributed by atoms with Gasteiger partial charge in [0.25, 0.3) is 0 Å². The summed E-state index contributed by atoms with van der Waals surface area (Å²) in [5.74, 6) is 1.00. The Labute approximate surface area is 106 Å². The Hall–Kier alpha value is -2.10. The summed E-state index contributed by atoms with van der Waals surface area (Å²) in [7, 11) is 1.91. The highest BCUT2D eigenvalue weighted by molar-refractivity contribution is 5.90. The normalized spacial score (nSPS) is 17.3. The molecule has 0 bridgehead atoms. The third-order valence-electron chi connectivity index (χ3n) is 3.47. The second-order valence-corrected chi connectivity index (χ2v) is 4.62. The number of aromatic nitrogens is 2. The number of rotatable bonds is 3. The van der Waals surface area contributed by atoms with Crippen molar-refractivity contribution in [3.05, 3.63) is 48.0 Å². The maximum Gasteiger partial charge on any atom is 0.149 e. The molecule has 4 heteroatoms. The van der Waals surface area contributed by atoms with Crippen molar-refractivity contribution in [1.82, 2.24) is 9.55 Å². The fraction of sp³-hybridized carbons (Fsp3) is 0.286. The van der Waals surface area contributed by atoms with Crippen molar-refractivity contribution < 1.29 is 4.79 Å². The van der Waals surface area contributed by atoms with Crippen LogP contribution in [0.4, 0.5) is 5.69 Å². The Morgan fingerprint density at radius 3 is 3.11 bits per heavy atom. The van der Waals surface area contributed by atoms with Gasteiger partial charge in [0.05, 0.1) is 12.3 Å². The van der Waals surface area contributed by atoms with Crippen molar-refractivity contribution >= 4 is 11.5 Å². The zero-order chi connectivity index (χ0) is 12.5. The Bertz CT molecular complexity index is 588. The van der Waals surface area contributed by atoms with E-state index >= 15 is 0 Å². The van der Waals surface area contributed by atoms with Gasteiger partial charge in [-0.05, 0) is 11.6 Å². The van der Waals surface area contributed by atoms with Crippen LogP contribution in [0.25, 0.3) is 0 Å². The zero-order valence-electron chi connectivity index (χ0n) is 10.3. The first-order chi connectivity index (χ1) is 8.75. The van der Waals surface area contributed by atoms with E-state index < -0.39 is 0 Å². The highest BCUT2D eigenvalue weighted by atomic mass is 16.1. The van der Waals surface area contributed by atoms with Gasteiger partial charge >= 0.3 is 0 Å². The van der Waals surface area contributed by atoms with Gasteiger partial charge < -0.3 is 9.88 Å². The monoisotopic (exact) mass is 241 g/mol. The summed E-state index contributed by atoms with van der Waals surface area (Å²) in [6.07, 6.45) is 3.98. The van der Waals surface area contributed by atoms with Crippen LogP contribution in [0.15, 0.2) is 36.7 Å². The van der Waals surface area contributed by atoms with Crippen LogP contribution in [-0.2, 0) is 18.3 Å². The fourth-order valence-corrected chi connectivity index (χ4v) is 2.42. The molecule has 1 aromatic heterocycles. The van der Waals surface area contributed by atoms with Crippen molar-refractivity contribution in [3.63, 3.8) is 0 Å². The molecule has 2 aromatic rings. The lowest BCUT2D eigenvalue weighted by Gasteiger charge is -2.08. The summed E-state index contributed by atoms with van der Waals surface area (Å²) in [5.41, 5.74) is 2.19. The average Bonchev–Trinajstić information content (AvgIpc) is 2.96. The lowest BCUT2D eigenvalue weighted by Crippen LogP contribution is -2.18. The molecule has 3 rings (SSSR count). The molecule has 92 valence electrons. The quantitative estimate of drug-likeness (QED) is 0.890. The van der Waals surface area contributed by atoms with Gasteiger partial charge in [-0.25, -0.2) is 4.98 Å². The van der Waals surface area contributed by atoms with Crippen molar-refractivity contribution in [2.24, 2.45) is 7.05 Å². The third-order valence-corrected chi connectivity index (χ3v) is 3.47. The minimum Gasteiger partial charge on any atom is -0.384 e. The predicted octanol–water partition coefficient (Wildman–Crippen LogP) is 1.74. The van der Waals surface area contributed by atoms with E-state index in [1.165, 1.54) is 0 Å². The van der Waals surface area contributed by atoms with Gasteiger partial charge in [-0.2, -0.15) is 0 Å². The molecule has 1 aliphatic rings. The molecule has 1 atom stereocenters. The number of fused-ring (bicyclic) bond motifs is 1. The number of hydrogen-bond acceptors (Lipinski definition) is 3. The first-order valence-corrected chi connectivity index (χ1v) is 6.07. The average molecular weight is 241 g/mol. The summed E-state index contributed by atoms with van der Waals surface area (Å²) in [6, 6.07) is 8.00. The molecule has 1 N–H and O–H groups in total. The summed E-state index contributed by atoms with van der Waals surface area (Å²) in [5, 5.41) is 3.28. The Morgan fingerprint density at radius 2 is 2.33 bits per heavy atom. The van der Waals surface area contributed by atoms with Crippen LogP contribution >= 0.6 is 0 Å². The number of para-hydroxylation sites is 1. The molecule has 1 aliphatic heterocycles. The molecule has 0 fully saturated rings. The molecule has 0 saturated heterocycles. The lowest BCUT2D eigenvalue weighted by molar-refractivity contribution is -0.119. The highest BCUT2D eigenvalue weighted by Gasteiger charge is 2.28. The Morgan fingerprint density at radius 1 is 1.50 bits per heavy atom. The van der Waals surface area contributed by atoms with Crippen LogP contribution in [0.5, 0.6) is 0 Å². The van der Waals surface area contributed by atoms with Crippen LogP contribution in [0.1, 0.15) is 17.3 Å². The van der Waals surface area contributed by atoms with Crippen LogP contribution in [0.2, 0.25) is 0 Å². The molecule has 0 spiro atoms. The number of benzene rings is 1. The van der Waals surface area contributed by atoms with E-state index in [2.05, 4.69) is 10.3 Å². The van der Waals surface area contributed by atoms with Crippen LogP contribution < -0.4 is 5.32 Å². The fourth-order valence-electron chi connectivity index (χ4n) is 2.42. The molecular weight excluding hydrogens is 226 g/mol. The largest absolute Gasteiger partial charge is 0.384 e. The van der Waals surface area contributed by atoms with Crippen molar-refractivity contribution in [2.75, 3.05) is 11.9 Å². The van der Waals surface area contributed by atoms with E-state index in [9.17, 15) is 4.79 Å². The molecule has 2 heterocycles. The topological polar surface area (TPSA) is 46.9 Å². The van der Waals surface area contributed by atoms with E-state index in [-0.39, 0.29) is 11.7 Å². The van der Waals surface area contributed by atoms with Gasteiger partial charge in [-0.15, -0.1) is 0 Å². The standard InChI is InChI=1S/C14H15N3O/c1-17-7-6-15-14(17)8-13(18)11-9-16-12-5-3-2-4-10(11)12/h2-7,11,16H,8-9H2,1H3. The molecule has 0 radical (unpaired) electrons. The van der Waals surface area contributed by atoms with E-state index in [1.54, 1.807) is 6.20 Å². The molecule has 0 aliphatic carbocycles. The summed E-state index contributed by atoms with van der Waals surface area (Å²) in [6.45, 7) is 0.697. The molecule has 1 unspecified atom stereocenters. The number of ketones is 1. The van der Waals surface area contributed by atoms with Gasteiger partial charge in [0.1, 0.15) is 11.6 Å². The maximum atomic E-state index is 12.3. The van der Waals surface area contributed by atoms with Gasteiger partial charge in [0.2, 0.25) is 0 Å². The number of Topliss-reactive ketones (excluding diaryl/α,β-unsaturated/α-hetero) is 1. The minimum absolute atomic E-state index is 0.0436. The summed E-state index contributed by atoms with van der Waals surface area (Å²) < 4.78 is 1.90. The zero-order valence-corrected chi connectivity index (χ0v) is 10.3. The SMILES string of the molecule is Cn1ccnc1CC(=O)C1CNc2ccccc21. The second kappa shape index (κ2) is 4.29. The number of carbonyl (C=O) groups is 1. The van der Waals surface area contributed by atoms with Crippen LogP contribution in [0.3, 0.4) is 0 Å². The number of nitrogens with zero attached hydrogens (tertiary/aromatic N) is 2. The minimum atomic E-state index is -0.0436. The number of anilines is 1. The highest BCUT2D eigenvalue weighted by Crippen LogP contribution is 2.32. The van der Waals surface area contributed by atoms with Crippen molar-refractivity contribution in [2.45, 2.75) is 12.3 Å². The van der Waals surface area contributed by atoms with Gasteiger partial charge in [0, 0.05) is 31.7 Å². The van der Waals surface area contributed by atoms with E-state index in [0.717, 1.165) is 17.1 Å². The molecule has 0 amide bonds. The smallest absolute Gasteiger partial charge is 0.149 e. The number of aryl methyl sites for hydroxylation is 1. The molecule has 18 heavy (non-hydrogen) atoms. The van der Waals surface area contributed by atoms with Gasteiger partial charge in [-0.3, -0.25) is 4.79 Å². The predicted molar refractivity (Wildman–Crippen MR) is 69.6 cm³/mol. The first kappa shape index (κ1) is 11.0. The van der Waals surface area contributed by atoms with Crippen molar-refractivity contribution in [1.29, 1.82) is 0 Å². The summed E-state index contributed by atoms with van der Waals surface area (Å²) >= 11 is 0. The van der Waals surface area contributed by atoms with Gasteiger partial charge in [0.15, 0.2) is 0 Å². The molecule has 4 nitrogen and oxygen atoms in total. The maximum absolute atomic E-state index is 12.3. The number of nitrogens with one attached hydrogen (secondary N) is 1. The molecule has 0 saturated carbocycles. The number of carbonyl (C=O) groups excluding carboxylic acids is 1. The molecular formula is C14H15N3O. The number of imidazole rings is 1. The number of hydrogen-bond donors (Lipinski definition) is 1. The Kier molecular flexibility index (Phi) is 2.63. The second-order valence-electron chi connectivity index (χ2n) is 4.62. The van der Waals surface area contributed by atoms with E-state index in [1.807, 2.05) is 42.1 Å². The third kappa shape index (κ3) is 1.79. The lowest BCUT2D eigenvalue weighted by atomic mass is 9.95.